The predicted octanol–water partition coefficient (Wildman–Crippen LogP) is 2.22. The monoisotopic (exact) mass is 254 g/mol. The van der Waals surface area contributed by atoms with E-state index < -0.39 is 9.84 Å². The summed E-state index contributed by atoms with van der Waals surface area (Å²) in [5, 5.41) is 0. The largest absolute Gasteiger partial charge is 0.224 e. The van der Waals surface area contributed by atoms with Crippen LogP contribution in [0.1, 0.15) is 4.88 Å². The summed E-state index contributed by atoms with van der Waals surface area (Å²) in [6.07, 6.45) is 1.22. The van der Waals surface area contributed by atoms with Gasteiger partial charge in [-0.3, -0.25) is 0 Å². The molecule has 1 heterocycles. The van der Waals surface area contributed by atoms with Gasteiger partial charge in [0.25, 0.3) is 0 Å². The Balaban J connectivity index is 3.36. The predicted molar refractivity (Wildman–Crippen MR) is 49.9 cm³/mol. The average Bonchev–Trinajstić information content (AvgIpc) is 2.08. The average molecular weight is 255 g/mol. The third kappa shape index (κ3) is 2.04. The maximum Gasteiger partial charge on any atom is 0.176 e. The molecule has 0 fully saturated rings. The van der Waals surface area contributed by atoms with Crippen LogP contribution in [0.2, 0.25) is 0 Å². The zero-order valence-corrected chi connectivity index (χ0v) is 9.31. The third-order valence-electron chi connectivity index (χ3n) is 1.24. The van der Waals surface area contributed by atoms with Gasteiger partial charge in [0.2, 0.25) is 0 Å². The van der Waals surface area contributed by atoms with E-state index in [1.807, 2.05) is 0 Å². The Bertz CT molecular complexity index is 364. The van der Waals surface area contributed by atoms with Crippen molar-refractivity contribution >= 4 is 37.1 Å². The van der Waals surface area contributed by atoms with Crippen LogP contribution < -0.4 is 0 Å². The first-order valence-electron chi connectivity index (χ1n) is 2.87. The molecule has 1 aromatic rings. The van der Waals surface area contributed by atoms with Crippen molar-refractivity contribution in [2.24, 2.45) is 0 Å². The van der Waals surface area contributed by atoms with Crippen molar-refractivity contribution in [3.8, 4) is 0 Å². The Labute approximate surface area is 78.3 Å². The number of thiophene rings is 1. The molecular weight excluding hydrogens is 248 g/mol. The molecule has 0 N–H and O–H groups in total. The van der Waals surface area contributed by atoms with E-state index in [9.17, 15) is 8.42 Å². The summed E-state index contributed by atoms with van der Waals surface area (Å²) in [5.41, 5.74) is 0. The van der Waals surface area contributed by atoms with Gasteiger partial charge < -0.3 is 0 Å². The summed E-state index contributed by atoms with van der Waals surface area (Å²) in [4.78, 5) is 1.26. The minimum Gasteiger partial charge on any atom is -0.224 e. The molecule has 0 atom stereocenters. The number of hydrogen-bond acceptors (Lipinski definition) is 3. The topological polar surface area (TPSA) is 34.1 Å². The second-order valence-corrected chi connectivity index (χ2v) is 6.86. The molecule has 0 saturated heterocycles. The molecule has 62 valence electrons. The lowest BCUT2D eigenvalue weighted by Gasteiger charge is -1.92. The first-order chi connectivity index (χ1) is 4.91. The Morgan fingerprint density at radius 3 is 2.27 bits per heavy atom. The number of aryl methyl sites for hydroxylation is 1. The highest BCUT2D eigenvalue weighted by Gasteiger charge is 2.13. The molecule has 0 radical (unpaired) electrons. The lowest BCUT2D eigenvalue weighted by atomic mass is 10.5. The first-order valence-corrected chi connectivity index (χ1v) is 6.37. The zero-order chi connectivity index (χ0) is 8.65. The van der Waals surface area contributed by atoms with Crippen LogP contribution in [-0.2, 0) is 9.84 Å². The lowest BCUT2D eigenvalue weighted by molar-refractivity contribution is 0.602. The molecule has 1 rings (SSSR count). The van der Waals surface area contributed by atoms with Gasteiger partial charge in [-0.15, -0.1) is 11.3 Å². The second-order valence-electron chi connectivity index (χ2n) is 2.24. The van der Waals surface area contributed by atoms with Gasteiger partial charge in [-0.25, -0.2) is 8.42 Å². The maximum atomic E-state index is 11.1. The summed E-state index contributed by atoms with van der Waals surface area (Å²) < 4.78 is 23.0. The fourth-order valence-electron chi connectivity index (χ4n) is 0.799. The van der Waals surface area contributed by atoms with Gasteiger partial charge in [-0.05, 0) is 28.9 Å². The van der Waals surface area contributed by atoms with E-state index in [0.717, 1.165) is 8.66 Å². The normalized spacial score (nSPS) is 11.9. The van der Waals surface area contributed by atoms with Gasteiger partial charge in [0.05, 0.1) is 8.68 Å². The molecule has 5 heteroatoms. The van der Waals surface area contributed by atoms with E-state index >= 15 is 0 Å². The van der Waals surface area contributed by atoms with E-state index in [1.54, 1.807) is 13.0 Å². The number of rotatable bonds is 1. The van der Waals surface area contributed by atoms with Crippen molar-refractivity contribution in [3.05, 3.63) is 14.7 Å². The highest BCUT2D eigenvalue weighted by atomic mass is 79.9. The van der Waals surface area contributed by atoms with E-state index in [4.69, 9.17) is 0 Å². The van der Waals surface area contributed by atoms with Crippen molar-refractivity contribution in [2.45, 2.75) is 11.8 Å². The third-order valence-corrected chi connectivity index (χ3v) is 4.15. The molecule has 0 spiro atoms. The van der Waals surface area contributed by atoms with Crippen LogP contribution in [0.4, 0.5) is 0 Å². The van der Waals surface area contributed by atoms with Crippen LogP contribution in [0.15, 0.2) is 14.7 Å². The molecule has 0 unspecified atom stereocenters. The van der Waals surface area contributed by atoms with Crippen LogP contribution >= 0.6 is 27.3 Å². The van der Waals surface area contributed by atoms with Crippen molar-refractivity contribution in [3.63, 3.8) is 0 Å². The van der Waals surface area contributed by atoms with Gasteiger partial charge in [-0.2, -0.15) is 0 Å². The quantitative estimate of drug-likeness (QED) is 0.771. The van der Waals surface area contributed by atoms with E-state index in [2.05, 4.69) is 15.9 Å². The van der Waals surface area contributed by atoms with Gasteiger partial charge in [0.15, 0.2) is 9.84 Å². The Morgan fingerprint density at radius 2 is 2.09 bits per heavy atom. The number of halogens is 1. The van der Waals surface area contributed by atoms with Crippen LogP contribution in [0.5, 0.6) is 0 Å². The summed E-state index contributed by atoms with van der Waals surface area (Å²) >= 11 is 4.66. The smallest absolute Gasteiger partial charge is 0.176 e. The molecular formula is C6H7BrO2S2. The van der Waals surface area contributed by atoms with E-state index in [1.165, 1.54) is 17.6 Å². The SMILES string of the molecule is Cc1sc(Br)cc1S(C)(=O)=O. The molecule has 2 nitrogen and oxygen atoms in total. The molecule has 0 aliphatic heterocycles. The van der Waals surface area contributed by atoms with Crippen LogP contribution in [0, 0.1) is 6.92 Å². The van der Waals surface area contributed by atoms with Crippen molar-refractivity contribution < 1.29 is 8.42 Å². The molecule has 11 heavy (non-hydrogen) atoms. The van der Waals surface area contributed by atoms with Crippen LogP contribution in [0.25, 0.3) is 0 Å². The Morgan fingerprint density at radius 1 is 1.55 bits per heavy atom. The zero-order valence-electron chi connectivity index (χ0n) is 6.09. The van der Waals surface area contributed by atoms with Gasteiger partial charge >= 0.3 is 0 Å². The highest BCUT2D eigenvalue weighted by molar-refractivity contribution is 9.11. The highest BCUT2D eigenvalue weighted by Crippen LogP contribution is 2.29. The van der Waals surface area contributed by atoms with Crippen molar-refractivity contribution in [1.29, 1.82) is 0 Å². The van der Waals surface area contributed by atoms with Crippen LogP contribution in [-0.4, -0.2) is 14.7 Å². The minimum atomic E-state index is -3.03. The molecule has 0 aliphatic carbocycles. The fraction of sp³-hybridized carbons (Fsp3) is 0.333. The van der Waals surface area contributed by atoms with Crippen molar-refractivity contribution in [2.75, 3.05) is 6.26 Å². The summed E-state index contributed by atoms with van der Waals surface area (Å²) in [6, 6.07) is 1.63. The minimum absolute atomic E-state index is 0.425. The Hall–Kier alpha value is 0.130. The summed E-state index contributed by atoms with van der Waals surface area (Å²) in [7, 11) is -3.03. The molecule has 0 aliphatic rings. The van der Waals surface area contributed by atoms with E-state index in [-0.39, 0.29) is 0 Å². The lowest BCUT2D eigenvalue weighted by Crippen LogP contribution is -1.95. The Kier molecular flexibility index (Phi) is 2.41. The van der Waals surface area contributed by atoms with Gasteiger partial charge in [-0.1, -0.05) is 0 Å². The second kappa shape index (κ2) is 2.88. The van der Waals surface area contributed by atoms with Crippen LogP contribution in [0.3, 0.4) is 0 Å². The maximum absolute atomic E-state index is 11.1. The summed E-state index contributed by atoms with van der Waals surface area (Å²) in [6.45, 7) is 1.80. The van der Waals surface area contributed by atoms with Gasteiger partial charge in [0.1, 0.15) is 0 Å². The van der Waals surface area contributed by atoms with E-state index in [0.29, 0.717) is 4.90 Å². The fourth-order valence-corrected chi connectivity index (χ4v) is 4.04. The molecule has 0 saturated carbocycles. The molecule has 0 bridgehead atoms. The summed E-state index contributed by atoms with van der Waals surface area (Å²) in [5.74, 6) is 0. The first kappa shape index (κ1) is 9.22. The molecule has 1 aromatic heterocycles. The molecule has 0 amide bonds. The number of sulfone groups is 1. The molecule has 0 aromatic carbocycles. The van der Waals surface area contributed by atoms with Gasteiger partial charge in [0, 0.05) is 11.1 Å². The number of hydrogen-bond donors (Lipinski definition) is 0. The van der Waals surface area contributed by atoms with Crippen molar-refractivity contribution in [1.82, 2.24) is 0 Å². The standard InChI is InChI=1S/C6H7BrO2S2/c1-4-5(11(2,8)9)3-6(7)10-4/h3H,1-2H3.